The van der Waals surface area contributed by atoms with Gasteiger partial charge in [-0.15, -0.1) is 0 Å². The molecule has 4 heteroatoms. The van der Waals surface area contributed by atoms with Crippen LogP contribution in [-0.4, -0.2) is 15.0 Å². The molecule has 246 valence electrons. The standard InChI is InChI=1S/C49H29N3O/c1-3-12-32(13-4-1)33-24-30-38(31-25-33)48-50-47(37-15-5-2-6-16-37)51-49(52-48)43-22-11-23-44-45(43)42-21-10-20-41(46(42)53-44)36-28-26-35(27-29-36)40-19-9-17-34-14-7-8-18-39(34)40/h1-3,5-12,14-31H. The first-order chi connectivity index (χ1) is 26.3. The Kier molecular flexibility index (Phi) is 7.34. The van der Waals surface area contributed by atoms with Crippen LogP contribution in [0.5, 0.6) is 0 Å². The molecule has 0 bridgehead atoms. The van der Waals surface area contributed by atoms with Crippen LogP contribution >= 0.6 is 0 Å². The van der Waals surface area contributed by atoms with Gasteiger partial charge in [0.15, 0.2) is 17.5 Å². The van der Waals surface area contributed by atoms with Crippen molar-refractivity contribution in [3.05, 3.63) is 188 Å². The first-order valence-electron chi connectivity index (χ1n) is 17.6. The number of hydrogen-bond acceptors (Lipinski definition) is 4. The topological polar surface area (TPSA) is 51.8 Å². The summed E-state index contributed by atoms with van der Waals surface area (Å²) >= 11 is 0. The third-order valence-corrected chi connectivity index (χ3v) is 9.83. The van der Waals surface area contributed by atoms with Gasteiger partial charge in [-0.2, -0.15) is 0 Å². The second-order valence-corrected chi connectivity index (χ2v) is 13.0. The van der Waals surface area contributed by atoms with Crippen LogP contribution in [0, 0.1) is 12.1 Å². The minimum Gasteiger partial charge on any atom is -0.455 e. The van der Waals surface area contributed by atoms with Crippen molar-refractivity contribution in [2.45, 2.75) is 0 Å². The van der Waals surface area contributed by atoms with Crippen LogP contribution in [0.2, 0.25) is 0 Å². The number of hydrogen-bond donors (Lipinski definition) is 0. The normalized spacial score (nSPS) is 11.2. The number of nitrogens with zero attached hydrogens (tertiary/aromatic N) is 3. The van der Waals surface area contributed by atoms with Crippen LogP contribution < -0.4 is 0 Å². The molecule has 8 aromatic carbocycles. The van der Waals surface area contributed by atoms with E-state index >= 15 is 0 Å². The fourth-order valence-electron chi connectivity index (χ4n) is 7.23. The fourth-order valence-corrected chi connectivity index (χ4v) is 7.23. The van der Waals surface area contributed by atoms with Gasteiger partial charge in [-0.05, 0) is 51.2 Å². The molecule has 2 heterocycles. The summed E-state index contributed by atoms with van der Waals surface area (Å²) in [6.07, 6.45) is 0. The van der Waals surface area contributed by atoms with Crippen molar-refractivity contribution in [1.29, 1.82) is 0 Å². The number of fused-ring (bicyclic) bond motifs is 4. The maximum Gasteiger partial charge on any atom is 0.164 e. The van der Waals surface area contributed by atoms with E-state index in [0.717, 1.165) is 60.9 Å². The highest BCUT2D eigenvalue weighted by atomic mass is 16.3. The number of aromatic nitrogens is 3. The average molecular weight is 676 g/mol. The Hall–Kier alpha value is -7.35. The highest BCUT2D eigenvalue weighted by Crippen LogP contribution is 2.41. The van der Waals surface area contributed by atoms with Gasteiger partial charge in [-0.1, -0.05) is 170 Å². The summed E-state index contributed by atoms with van der Waals surface area (Å²) in [5.41, 5.74) is 10.9. The van der Waals surface area contributed by atoms with Gasteiger partial charge in [0.1, 0.15) is 11.2 Å². The van der Waals surface area contributed by atoms with E-state index in [2.05, 4.69) is 127 Å². The molecule has 2 aromatic heterocycles. The molecule has 53 heavy (non-hydrogen) atoms. The van der Waals surface area contributed by atoms with E-state index in [1.54, 1.807) is 0 Å². The maximum atomic E-state index is 6.68. The zero-order chi connectivity index (χ0) is 35.1. The summed E-state index contributed by atoms with van der Waals surface area (Å²) in [7, 11) is 0. The van der Waals surface area contributed by atoms with E-state index in [1.807, 2.05) is 60.7 Å². The van der Waals surface area contributed by atoms with Gasteiger partial charge in [-0.3, -0.25) is 0 Å². The molecule has 0 atom stereocenters. The van der Waals surface area contributed by atoms with Crippen molar-refractivity contribution in [2.75, 3.05) is 0 Å². The second-order valence-electron chi connectivity index (χ2n) is 13.0. The van der Waals surface area contributed by atoms with Crippen molar-refractivity contribution in [2.24, 2.45) is 0 Å². The molecule has 0 aliphatic carbocycles. The molecule has 0 saturated carbocycles. The van der Waals surface area contributed by atoms with Crippen molar-refractivity contribution < 1.29 is 4.42 Å². The summed E-state index contributed by atoms with van der Waals surface area (Å²) in [5.74, 6) is 1.79. The monoisotopic (exact) mass is 675 g/mol. The molecule has 10 aromatic rings. The Balaban J connectivity index is 1.09. The molecule has 4 nitrogen and oxygen atoms in total. The lowest BCUT2D eigenvalue weighted by molar-refractivity contribution is 0.670. The van der Waals surface area contributed by atoms with Gasteiger partial charge < -0.3 is 4.42 Å². The van der Waals surface area contributed by atoms with E-state index in [0.29, 0.717) is 17.5 Å². The molecular weight excluding hydrogens is 647 g/mol. The largest absolute Gasteiger partial charge is 0.455 e. The maximum absolute atomic E-state index is 6.68. The Morgan fingerprint density at radius 3 is 1.77 bits per heavy atom. The molecule has 0 unspecified atom stereocenters. The van der Waals surface area contributed by atoms with Gasteiger partial charge in [0, 0.05) is 38.6 Å². The minimum atomic E-state index is 0.585. The lowest BCUT2D eigenvalue weighted by Crippen LogP contribution is -2.00. The van der Waals surface area contributed by atoms with Crippen LogP contribution in [0.15, 0.2) is 180 Å². The lowest BCUT2D eigenvalue weighted by Gasteiger charge is -2.10. The zero-order valence-corrected chi connectivity index (χ0v) is 28.5. The molecule has 0 N–H and O–H groups in total. The Bertz CT molecular complexity index is 2910. The SMILES string of the molecule is c1cccc(-c2ccc(-c3nc(-c4ccccc4)nc(-c4cccc5oc6c(-c7ccc(-c8cccc9ccccc89)cc7)cccc6c45)n3)cc2)c#1. The molecule has 0 radical (unpaired) electrons. The van der Waals surface area contributed by atoms with Crippen LogP contribution in [0.4, 0.5) is 0 Å². The third-order valence-electron chi connectivity index (χ3n) is 9.83. The van der Waals surface area contributed by atoms with Crippen molar-refractivity contribution in [1.82, 2.24) is 15.0 Å². The van der Waals surface area contributed by atoms with Crippen LogP contribution in [0.1, 0.15) is 0 Å². The van der Waals surface area contributed by atoms with E-state index in [4.69, 9.17) is 19.4 Å². The third kappa shape index (κ3) is 5.49. The van der Waals surface area contributed by atoms with E-state index in [1.165, 1.54) is 21.9 Å². The summed E-state index contributed by atoms with van der Waals surface area (Å²) in [4.78, 5) is 15.1. The Morgan fingerprint density at radius 2 is 0.981 bits per heavy atom. The quantitative estimate of drug-likeness (QED) is 0.176. The molecule has 0 spiro atoms. The van der Waals surface area contributed by atoms with Gasteiger partial charge in [-0.25, -0.2) is 15.0 Å². The smallest absolute Gasteiger partial charge is 0.164 e. The predicted molar refractivity (Wildman–Crippen MR) is 215 cm³/mol. The van der Waals surface area contributed by atoms with Gasteiger partial charge in [0.2, 0.25) is 0 Å². The highest BCUT2D eigenvalue weighted by molar-refractivity contribution is 6.15. The van der Waals surface area contributed by atoms with Gasteiger partial charge >= 0.3 is 0 Å². The Labute approximate surface area is 306 Å². The lowest BCUT2D eigenvalue weighted by atomic mass is 9.95. The molecule has 0 amide bonds. The fraction of sp³-hybridized carbons (Fsp3) is 0. The summed E-state index contributed by atoms with van der Waals surface area (Å²) < 4.78 is 6.68. The van der Waals surface area contributed by atoms with Crippen LogP contribution in [0.3, 0.4) is 0 Å². The van der Waals surface area contributed by atoms with Crippen molar-refractivity contribution in [3.8, 4) is 67.5 Å². The first-order valence-corrected chi connectivity index (χ1v) is 17.6. The highest BCUT2D eigenvalue weighted by Gasteiger charge is 2.19. The summed E-state index contributed by atoms with van der Waals surface area (Å²) in [6.45, 7) is 0. The summed E-state index contributed by atoms with van der Waals surface area (Å²) in [6, 6.07) is 66.6. The van der Waals surface area contributed by atoms with Crippen molar-refractivity contribution in [3.63, 3.8) is 0 Å². The van der Waals surface area contributed by atoms with Gasteiger partial charge in [0.05, 0.1) is 0 Å². The Morgan fingerprint density at radius 1 is 0.396 bits per heavy atom. The molecule has 0 aliphatic rings. The van der Waals surface area contributed by atoms with Crippen LogP contribution in [0.25, 0.3) is 100 Å². The first kappa shape index (κ1) is 30.5. The van der Waals surface area contributed by atoms with E-state index in [-0.39, 0.29) is 0 Å². The van der Waals surface area contributed by atoms with E-state index < -0.39 is 0 Å². The number of rotatable bonds is 6. The molecule has 0 aliphatic heterocycles. The van der Waals surface area contributed by atoms with Crippen LogP contribution in [-0.2, 0) is 0 Å². The molecule has 10 rings (SSSR count). The number of furan rings is 1. The predicted octanol–water partition coefficient (Wildman–Crippen LogP) is 12.5. The molecule has 0 saturated heterocycles. The minimum absolute atomic E-state index is 0.585. The zero-order valence-electron chi connectivity index (χ0n) is 28.5. The van der Waals surface area contributed by atoms with Crippen molar-refractivity contribution >= 4 is 32.7 Å². The summed E-state index contributed by atoms with van der Waals surface area (Å²) in [5, 5.41) is 4.46. The average Bonchev–Trinajstić information content (AvgIpc) is 3.63. The number of benzene rings is 7. The second kappa shape index (κ2) is 12.8. The van der Waals surface area contributed by atoms with E-state index in [9.17, 15) is 0 Å². The van der Waals surface area contributed by atoms with Gasteiger partial charge in [0.25, 0.3) is 0 Å². The number of para-hydroxylation sites is 1. The molecular formula is C49H29N3O. The molecule has 0 fully saturated rings.